The highest BCUT2D eigenvalue weighted by Gasteiger charge is 2.45. The zero-order valence-corrected chi connectivity index (χ0v) is 15.6. The fourth-order valence-electron chi connectivity index (χ4n) is 2.63. The first-order valence-corrected chi connectivity index (χ1v) is 8.35. The van der Waals surface area contributed by atoms with E-state index in [2.05, 4.69) is 4.74 Å². The van der Waals surface area contributed by atoms with Crippen molar-refractivity contribution in [2.75, 3.05) is 27.9 Å². The quantitative estimate of drug-likeness (QED) is 0.335. The highest BCUT2D eigenvalue weighted by molar-refractivity contribution is 5.87. The molecule has 5 atom stereocenters. The summed E-state index contributed by atoms with van der Waals surface area (Å²) in [6.45, 7) is -0.587. The van der Waals surface area contributed by atoms with Crippen LogP contribution >= 0.6 is 0 Å². The van der Waals surface area contributed by atoms with E-state index < -0.39 is 43.3 Å². The lowest BCUT2D eigenvalue weighted by molar-refractivity contribution is -0.277. The van der Waals surface area contributed by atoms with Gasteiger partial charge in [-0.3, -0.25) is 0 Å². The number of ether oxygens (including phenoxy) is 5. The normalized spacial score (nSPS) is 27.5. The average Bonchev–Trinajstić information content (AvgIpc) is 2.72. The van der Waals surface area contributed by atoms with Crippen LogP contribution in [0.15, 0.2) is 18.2 Å². The van der Waals surface area contributed by atoms with E-state index in [4.69, 9.17) is 18.9 Å². The molecule has 10 nitrogen and oxygen atoms in total. The number of rotatable bonds is 7. The number of hydrogen-bond donors (Lipinski definition) is 4. The van der Waals surface area contributed by atoms with Crippen LogP contribution in [0.2, 0.25) is 0 Å². The minimum Gasteiger partial charge on any atom is -0.493 e. The zero-order chi connectivity index (χ0) is 20.8. The number of carbonyl (C=O) groups is 1. The Balaban J connectivity index is 2.33. The Bertz CT molecular complexity index is 677. The van der Waals surface area contributed by atoms with Crippen LogP contribution in [0, 0.1) is 0 Å². The van der Waals surface area contributed by atoms with Crippen LogP contribution in [-0.4, -0.2) is 85.0 Å². The maximum absolute atomic E-state index is 11.3. The van der Waals surface area contributed by atoms with Gasteiger partial charge in [-0.2, -0.15) is 0 Å². The van der Waals surface area contributed by atoms with Gasteiger partial charge in [-0.05, 0) is 23.8 Å². The van der Waals surface area contributed by atoms with Crippen molar-refractivity contribution in [1.29, 1.82) is 0 Å². The molecule has 0 aliphatic carbocycles. The molecule has 1 aliphatic rings. The van der Waals surface area contributed by atoms with Crippen LogP contribution in [0.4, 0.5) is 0 Å². The number of aliphatic hydroxyl groups excluding tert-OH is 4. The number of benzene rings is 1. The molecule has 0 amide bonds. The minimum atomic E-state index is -1.59. The summed E-state index contributed by atoms with van der Waals surface area (Å²) in [5.74, 6) is -0.0919. The van der Waals surface area contributed by atoms with E-state index in [1.807, 2.05) is 0 Å². The molecule has 1 aliphatic heterocycles. The summed E-state index contributed by atoms with van der Waals surface area (Å²) in [7, 11) is 4.01. The second-order valence-corrected chi connectivity index (χ2v) is 5.93. The van der Waals surface area contributed by atoms with Gasteiger partial charge in [0.2, 0.25) is 12.0 Å². The molecule has 28 heavy (non-hydrogen) atoms. The van der Waals surface area contributed by atoms with Crippen molar-refractivity contribution in [2.24, 2.45) is 0 Å². The lowest BCUT2D eigenvalue weighted by Crippen LogP contribution is -2.60. The summed E-state index contributed by atoms with van der Waals surface area (Å²) in [6.07, 6.45) is -4.52. The molecular weight excluding hydrogens is 376 g/mol. The molecule has 0 aromatic heterocycles. The molecule has 1 saturated heterocycles. The SMILES string of the molecule is COC(=O)C=Cc1cc(OC)c(O[C@@H]2O[C@H](CO)[C@@H](O)[C@H](O)[C@H]2O)c(OC)c1. The second-order valence-electron chi connectivity index (χ2n) is 5.93. The maximum atomic E-state index is 11.3. The smallest absolute Gasteiger partial charge is 0.330 e. The van der Waals surface area contributed by atoms with Gasteiger partial charge in [0, 0.05) is 6.08 Å². The molecule has 1 aromatic rings. The van der Waals surface area contributed by atoms with Crippen molar-refractivity contribution < 1.29 is 48.9 Å². The number of methoxy groups -OCH3 is 3. The number of carbonyl (C=O) groups excluding carboxylic acids is 1. The van der Waals surface area contributed by atoms with Crippen molar-refractivity contribution in [3.05, 3.63) is 23.8 Å². The highest BCUT2D eigenvalue weighted by atomic mass is 16.7. The van der Waals surface area contributed by atoms with Gasteiger partial charge in [0.15, 0.2) is 11.5 Å². The Morgan fingerprint density at radius 3 is 2.18 bits per heavy atom. The van der Waals surface area contributed by atoms with Gasteiger partial charge >= 0.3 is 5.97 Å². The van der Waals surface area contributed by atoms with E-state index in [0.29, 0.717) is 5.56 Å². The second kappa shape index (κ2) is 9.71. The Hall–Kier alpha value is -2.37. The molecule has 0 bridgehead atoms. The van der Waals surface area contributed by atoms with Crippen molar-refractivity contribution in [3.8, 4) is 17.2 Å². The molecule has 156 valence electrons. The molecule has 1 fully saturated rings. The van der Waals surface area contributed by atoms with E-state index in [0.717, 1.165) is 0 Å². The van der Waals surface area contributed by atoms with Crippen LogP contribution < -0.4 is 14.2 Å². The van der Waals surface area contributed by atoms with Crippen LogP contribution in [0.25, 0.3) is 6.08 Å². The summed E-state index contributed by atoms with van der Waals surface area (Å²) in [5, 5.41) is 39.2. The third-order valence-electron chi connectivity index (χ3n) is 4.18. The maximum Gasteiger partial charge on any atom is 0.330 e. The van der Waals surface area contributed by atoms with Gasteiger partial charge in [0.25, 0.3) is 0 Å². The minimum absolute atomic E-state index is 0.0598. The lowest BCUT2D eigenvalue weighted by Gasteiger charge is -2.39. The predicted octanol–water partition coefficient (Wildman–Crippen LogP) is -0.931. The topological polar surface area (TPSA) is 144 Å². The van der Waals surface area contributed by atoms with Crippen molar-refractivity contribution in [3.63, 3.8) is 0 Å². The summed E-state index contributed by atoms with van der Waals surface area (Å²) in [5.41, 5.74) is 0.542. The van der Waals surface area contributed by atoms with Crippen molar-refractivity contribution >= 4 is 12.0 Å². The third-order valence-corrected chi connectivity index (χ3v) is 4.18. The molecule has 0 saturated carbocycles. The van der Waals surface area contributed by atoms with Crippen molar-refractivity contribution in [1.82, 2.24) is 0 Å². The van der Waals surface area contributed by atoms with E-state index in [1.54, 1.807) is 12.1 Å². The van der Waals surface area contributed by atoms with Crippen molar-refractivity contribution in [2.45, 2.75) is 30.7 Å². The largest absolute Gasteiger partial charge is 0.493 e. The van der Waals surface area contributed by atoms with Gasteiger partial charge in [-0.1, -0.05) is 0 Å². The van der Waals surface area contributed by atoms with E-state index in [1.165, 1.54) is 33.5 Å². The molecule has 1 heterocycles. The van der Waals surface area contributed by atoms with Gasteiger partial charge in [0.05, 0.1) is 27.9 Å². The highest BCUT2D eigenvalue weighted by Crippen LogP contribution is 2.40. The molecule has 0 spiro atoms. The third kappa shape index (κ3) is 4.72. The van der Waals surface area contributed by atoms with Gasteiger partial charge < -0.3 is 44.1 Å². The first kappa shape index (κ1) is 21.9. The fraction of sp³-hybridized carbons (Fsp3) is 0.500. The number of aliphatic hydroxyl groups is 4. The molecule has 2 rings (SSSR count). The molecule has 0 unspecified atom stereocenters. The number of esters is 1. The number of hydrogen-bond acceptors (Lipinski definition) is 10. The zero-order valence-electron chi connectivity index (χ0n) is 15.6. The summed E-state index contributed by atoms with van der Waals surface area (Å²) >= 11 is 0. The van der Waals surface area contributed by atoms with E-state index in [9.17, 15) is 25.2 Å². The van der Waals surface area contributed by atoms with E-state index >= 15 is 0 Å². The average molecular weight is 400 g/mol. The predicted molar refractivity (Wildman–Crippen MR) is 95.0 cm³/mol. The first-order valence-electron chi connectivity index (χ1n) is 8.35. The fourth-order valence-corrected chi connectivity index (χ4v) is 2.63. The van der Waals surface area contributed by atoms with Crippen LogP contribution in [0.5, 0.6) is 17.2 Å². The Morgan fingerprint density at radius 1 is 1.07 bits per heavy atom. The van der Waals surface area contributed by atoms with Gasteiger partial charge in [-0.15, -0.1) is 0 Å². The Morgan fingerprint density at radius 2 is 1.68 bits per heavy atom. The summed E-state index contributed by atoms with van der Waals surface area (Å²) in [4.78, 5) is 11.3. The molecule has 0 radical (unpaired) electrons. The standard InChI is InChI=1S/C18H24O10/c1-24-10-6-9(4-5-13(20)26-3)7-11(25-2)17(10)28-18-16(23)15(22)14(21)12(8-19)27-18/h4-7,12,14-16,18-19,21-23H,8H2,1-3H3/t12-,14-,15+,16-,18+/m1/s1. The van der Waals surface area contributed by atoms with Crippen LogP contribution in [0.3, 0.4) is 0 Å². The van der Waals surface area contributed by atoms with Gasteiger partial charge in [0.1, 0.15) is 24.4 Å². The van der Waals surface area contributed by atoms with Gasteiger partial charge in [-0.25, -0.2) is 4.79 Å². The van der Waals surface area contributed by atoms with Crippen LogP contribution in [-0.2, 0) is 14.3 Å². The molecule has 4 N–H and O–H groups in total. The van der Waals surface area contributed by atoms with E-state index in [-0.39, 0.29) is 17.2 Å². The molecule has 10 heteroatoms. The summed E-state index contributed by atoms with van der Waals surface area (Å²) < 4.78 is 26.1. The lowest BCUT2D eigenvalue weighted by atomic mass is 9.99. The molecule has 1 aromatic carbocycles. The summed E-state index contributed by atoms with van der Waals surface area (Å²) in [6, 6.07) is 3.09. The Kier molecular flexibility index (Phi) is 7.61. The van der Waals surface area contributed by atoms with Crippen LogP contribution in [0.1, 0.15) is 5.56 Å². The Labute approximate surface area is 161 Å². The first-order chi connectivity index (χ1) is 13.4. The molecular formula is C18H24O10. The monoisotopic (exact) mass is 400 g/mol.